The lowest BCUT2D eigenvalue weighted by atomic mass is 9.98. The summed E-state index contributed by atoms with van der Waals surface area (Å²) in [6, 6.07) is 1.72. The number of H-pyrrole nitrogens is 1. The summed E-state index contributed by atoms with van der Waals surface area (Å²) >= 11 is 0. The van der Waals surface area contributed by atoms with Crippen LogP contribution in [0.3, 0.4) is 0 Å². The van der Waals surface area contributed by atoms with Gasteiger partial charge in [-0.05, 0) is 12.8 Å². The molecular formula is C8H9N3O. The highest BCUT2D eigenvalue weighted by Crippen LogP contribution is 2.18. The fourth-order valence-corrected chi connectivity index (χ4v) is 1.02. The molecule has 1 aromatic rings. The Bertz CT molecular complexity index is 313. The van der Waals surface area contributed by atoms with Crippen molar-refractivity contribution in [1.82, 2.24) is 10.2 Å². The highest BCUT2D eigenvalue weighted by molar-refractivity contribution is 6.03. The first-order valence-electron chi connectivity index (χ1n) is 3.86. The number of hydrogen-bond donors (Lipinski definition) is 2. The monoisotopic (exact) mass is 163 g/mol. The minimum absolute atomic E-state index is 0.0227. The van der Waals surface area contributed by atoms with E-state index in [9.17, 15) is 4.79 Å². The van der Waals surface area contributed by atoms with Crippen molar-refractivity contribution >= 4 is 11.7 Å². The number of amides is 1. The maximum Gasteiger partial charge on any atom is 0.252 e. The van der Waals surface area contributed by atoms with Crippen LogP contribution in [0.4, 0.5) is 5.82 Å². The van der Waals surface area contributed by atoms with Gasteiger partial charge in [-0.15, -0.1) is 0 Å². The van der Waals surface area contributed by atoms with Crippen LogP contribution >= 0.6 is 0 Å². The van der Waals surface area contributed by atoms with Gasteiger partial charge in [-0.2, -0.15) is 5.10 Å². The first kappa shape index (κ1) is 7.09. The maximum absolute atomic E-state index is 11.3. The van der Waals surface area contributed by atoms with Gasteiger partial charge in [0.1, 0.15) is 5.82 Å². The number of aromatic nitrogens is 2. The molecule has 4 nitrogen and oxygen atoms in total. The number of aromatic amines is 1. The second-order valence-corrected chi connectivity index (χ2v) is 2.69. The maximum atomic E-state index is 11.3. The topological polar surface area (TPSA) is 57.8 Å². The largest absolute Gasteiger partial charge is 0.307 e. The van der Waals surface area contributed by atoms with E-state index in [1.165, 1.54) is 0 Å². The van der Waals surface area contributed by atoms with Crippen molar-refractivity contribution in [3.63, 3.8) is 0 Å². The predicted octanol–water partition coefficient (Wildman–Crippen LogP) is 1.07. The molecule has 1 aliphatic rings. The summed E-state index contributed by atoms with van der Waals surface area (Å²) in [5.74, 6) is 0.623. The Morgan fingerprint density at radius 2 is 2.50 bits per heavy atom. The number of anilines is 1. The highest BCUT2D eigenvalue weighted by atomic mass is 16.1. The lowest BCUT2D eigenvalue weighted by Crippen LogP contribution is -2.17. The summed E-state index contributed by atoms with van der Waals surface area (Å²) in [6.07, 6.45) is 5.45. The van der Waals surface area contributed by atoms with Crippen LogP contribution in [-0.4, -0.2) is 16.1 Å². The quantitative estimate of drug-likeness (QED) is 0.685. The highest BCUT2D eigenvalue weighted by Gasteiger charge is 2.14. The number of allylic oxidation sites excluding steroid dienone is 1. The van der Waals surface area contributed by atoms with Crippen molar-refractivity contribution in [2.45, 2.75) is 12.8 Å². The van der Waals surface area contributed by atoms with Crippen LogP contribution in [0.5, 0.6) is 0 Å². The van der Waals surface area contributed by atoms with Gasteiger partial charge in [0.15, 0.2) is 0 Å². The molecule has 0 unspecified atom stereocenters. The Labute approximate surface area is 69.7 Å². The SMILES string of the molecule is O=C(Nc1ccn[nH]1)C1=CCC1. The molecule has 0 fully saturated rings. The summed E-state index contributed by atoms with van der Waals surface area (Å²) in [7, 11) is 0. The molecule has 0 spiro atoms. The van der Waals surface area contributed by atoms with Crippen molar-refractivity contribution in [2.24, 2.45) is 0 Å². The third-order valence-corrected chi connectivity index (χ3v) is 1.85. The molecule has 1 heterocycles. The zero-order valence-electron chi connectivity index (χ0n) is 6.50. The molecular weight excluding hydrogens is 154 g/mol. The fraction of sp³-hybridized carbons (Fsp3) is 0.250. The van der Waals surface area contributed by atoms with Crippen molar-refractivity contribution in [2.75, 3.05) is 5.32 Å². The lowest BCUT2D eigenvalue weighted by Gasteiger charge is -2.12. The minimum Gasteiger partial charge on any atom is -0.307 e. The summed E-state index contributed by atoms with van der Waals surface area (Å²) < 4.78 is 0. The molecule has 0 aliphatic heterocycles. The van der Waals surface area contributed by atoms with Crippen LogP contribution < -0.4 is 5.32 Å². The Morgan fingerprint density at radius 3 is 3.00 bits per heavy atom. The van der Waals surface area contributed by atoms with Crippen LogP contribution in [0.1, 0.15) is 12.8 Å². The van der Waals surface area contributed by atoms with E-state index in [2.05, 4.69) is 15.5 Å². The summed E-state index contributed by atoms with van der Waals surface area (Å²) in [4.78, 5) is 11.3. The van der Waals surface area contributed by atoms with E-state index in [0.717, 1.165) is 18.4 Å². The Kier molecular flexibility index (Phi) is 1.66. The standard InChI is InChI=1S/C8H9N3O/c12-8(6-2-1-3-6)10-7-4-5-9-11-7/h2,4-5H,1,3H2,(H2,9,10,11,12). The third kappa shape index (κ3) is 1.23. The first-order valence-corrected chi connectivity index (χ1v) is 3.86. The van der Waals surface area contributed by atoms with E-state index < -0.39 is 0 Å². The lowest BCUT2D eigenvalue weighted by molar-refractivity contribution is -0.113. The van der Waals surface area contributed by atoms with Gasteiger partial charge in [0, 0.05) is 11.6 Å². The van der Waals surface area contributed by atoms with E-state index in [1.807, 2.05) is 6.08 Å². The van der Waals surface area contributed by atoms with Gasteiger partial charge in [0.25, 0.3) is 5.91 Å². The van der Waals surface area contributed by atoms with Gasteiger partial charge in [0.2, 0.25) is 0 Å². The van der Waals surface area contributed by atoms with Gasteiger partial charge in [0.05, 0.1) is 6.20 Å². The summed E-state index contributed by atoms with van der Waals surface area (Å²) in [5.41, 5.74) is 0.865. The van der Waals surface area contributed by atoms with Crippen LogP contribution in [0.25, 0.3) is 0 Å². The molecule has 0 atom stereocenters. The molecule has 1 aliphatic carbocycles. The normalized spacial score (nSPS) is 14.8. The van der Waals surface area contributed by atoms with E-state index in [4.69, 9.17) is 0 Å². The first-order chi connectivity index (χ1) is 5.86. The molecule has 1 amide bonds. The van der Waals surface area contributed by atoms with Gasteiger partial charge in [-0.3, -0.25) is 9.89 Å². The molecule has 0 bridgehead atoms. The molecule has 4 heteroatoms. The second-order valence-electron chi connectivity index (χ2n) is 2.69. The molecule has 0 aromatic carbocycles. The smallest absolute Gasteiger partial charge is 0.252 e. The number of nitrogens with zero attached hydrogens (tertiary/aromatic N) is 1. The number of rotatable bonds is 2. The molecule has 0 radical (unpaired) electrons. The zero-order valence-corrected chi connectivity index (χ0v) is 6.50. The number of hydrogen-bond acceptors (Lipinski definition) is 2. The predicted molar refractivity (Wildman–Crippen MR) is 44.5 cm³/mol. The van der Waals surface area contributed by atoms with E-state index in [1.54, 1.807) is 12.3 Å². The van der Waals surface area contributed by atoms with Crippen LogP contribution in [0.15, 0.2) is 23.9 Å². The average molecular weight is 163 g/mol. The molecule has 1 aromatic heterocycles. The molecule has 0 saturated heterocycles. The molecule has 2 N–H and O–H groups in total. The average Bonchev–Trinajstić information content (AvgIpc) is 2.34. The van der Waals surface area contributed by atoms with Crippen LogP contribution in [-0.2, 0) is 4.79 Å². The van der Waals surface area contributed by atoms with Crippen molar-refractivity contribution < 1.29 is 4.79 Å². The van der Waals surface area contributed by atoms with Crippen LogP contribution in [0.2, 0.25) is 0 Å². The number of carbonyl (C=O) groups excluding carboxylic acids is 1. The Morgan fingerprint density at radius 1 is 1.67 bits per heavy atom. The third-order valence-electron chi connectivity index (χ3n) is 1.85. The van der Waals surface area contributed by atoms with E-state index in [-0.39, 0.29) is 5.91 Å². The summed E-state index contributed by atoms with van der Waals surface area (Å²) in [6.45, 7) is 0. The van der Waals surface area contributed by atoms with Crippen LogP contribution in [0, 0.1) is 0 Å². The van der Waals surface area contributed by atoms with Crippen molar-refractivity contribution in [3.05, 3.63) is 23.9 Å². The van der Waals surface area contributed by atoms with Gasteiger partial charge >= 0.3 is 0 Å². The molecule has 12 heavy (non-hydrogen) atoms. The summed E-state index contributed by atoms with van der Waals surface area (Å²) in [5, 5.41) is 9.08. The zero-order chi connectivity index (χ0) is 8.39. The minimum atomic E-state index is -0.0227. The Balaban J connectivity index is 1.99. The van der Waals surface area contributed by atoms with Gasteiger partial charge in [-0.1, -0.05) is 6.08 Å². The molecule has 2 rings (SSSR count). The number of carbonyl (C=O) groups is 1. The Hall–Kier alpha value is -1.58. The van der Waals surface area contributed by atoms with Crippen molar-refractivity contribution in [3.8, 4) is 0 Å². The molecule has 0 saturated carbocycles. The second kappa shape index (κ2) is 2.81. The van der Waals surface area contributed by atoms with Crippen molar-refractivity contribution in [1.29, 1.82) is 0 Å². The van der Waals surface area contributed by atoms with E-state index >= 15 is 0 Å². The fourth-order valence-electron chi connectivity index (χ4n) is 1.02. The van der Waals surface area contributed by atoms with Gasteiger partial charge in [-0.25, -0.2) is 0 Å². The number of nitrogens with one attached hydrogen (secondary N) is 2. The molecule has 62 valence electrons. The van der Waals surface area contributed by atoms with E-state index in [0.29, 0.717) is 5.82 Å². The van der Waals surface area contributed by atoms with Gasteiger partial charge < -0.3 is 5.32 Å².